The van der Waals surface area contributed by atoms with E-state index >= 15 is 0 Å². The van der Waals surface area contributed by atoms with Gasteiger partial charge in [-0.05, 0) is 30.5 Å². The first kappa shape index (κ1) is 9.80. The summed E-state index contributed by atoms with van der Waals surface area (Å²) in [6, 6.07) is 7.42. The van der Waals surface area contributed by atoms with Crippen molar-refractivity contribution in [2.45, 2.75) is 12.8 Å². The standard InChI is InChI=1S/C9H11NO2S/c10-9-5-3-8(4-6-9)2-1-7-13(11)12/h3-7H,1-2,10H2. The molecule has 0 radical (unpaired) electrons. The third kappa shape index (κ3) is 3.75. The first-order valence-electron chi connectivity index (χ1n) is 3.94. The molecule has 2 N–H and O–H groups in total. The van der Waals surface area contributed by atoms with Crippen LogP contribution >= 0.6 is 0 Å². The molecule has 4 heteroatoms. The van der Waals surface area contributed by atoms with Crippen molar-refractivity contribution < 1.29 is 8.42 Å². The fraction of sp³-hybridized carbons (Fsp3) is 0.222. The van der Waals surface area contributed by atoms with E-state index in [1.807, 2.05) is 24.3 Å². The molecule has 1 rings (SSSR count). The molecule has 3 nitrogen and oxygen atoms in total. The van der Waals surface area contributed by atoms with E-state index < -0.39 is 10.3 Å². The third-order valence-corrected chi connectivity index (χ3v) is 2.17. The number of nitrogens with two attached hydrogens (primary N) is 1. The molecule has 70 valence electrons. The van der Waals surface area contributed by atoms with Crippen molar-refractivity contribution in [3.63, 3.8) is 0 Å². The van der Waals surface area contributed by atoms with Crippen molar-refractivity contribution in [3.8, 4) is 0 Å². The van der Waals surface area contributed by atoms with Crippen molar-refractivity contribution >= 4 is 21.3 Å². The Morgan fingerprint density at radius 1 is 1.23 bits per heavy atom. The summed E-state index contributed by atoms with van der Waals surface area (Å²) in [6.07, 6.45) is 1.27. The van der Waals surface area contributed by atoms with Crippen molar-refractivity contribution in [1.29, 1.82) is 0 Å². The summed E-state index contributed by atoms with van der Waals surface area (Å²) in [5, 5.41) is 1.26. The van der Waals surface area contributed by atoms with E-state index in [0.717, 1.165) is 17.7 Å². The number of hydrogen-bond acceptors (Lipinski definition) is 3. The second-order valence-electron chi connectivity index (χ2n) is 2.71. The van der Waals surface area contributed by atoms with E-state index in [-0.39, 0.29) is 0 Å². The molecule has 0 aliphatic heterocycles. The Labute approximate surface area is 78.7 Å². The van der Waals surface area contributed by atoms with E-state index in [1.165, 1.54) is 5.37 Å². The maximum atomic E-state index is 10.2. The molecule has 0 bridgehead atoms. The predicted molar refractivity (Wildman–Crippen MR) is 54.2 cm³/mol. The van der Waals surface area contributed by atoms with E-state index in [4.69, 9.17) is 5.73 Å². The minimum Gasteiger partial charge on any atom is -0.399 e. The van der Waals surface area contributed by atoms with Gasteiger partial charge >= 0.3 is 0 Å². The van der Waals surface area contributed by atoms with E-state index in [2.05, 4.69) is 0 Å². The lowest BCUT2D eigenvalue weighted by molar-refractivity contribution is 0.627. The summed E-state index contributed by atoms with van der Waals surface area (Å²) in [4.78, 5) is 0. The molecular weight excluding hydrogens is 186 g/mol. The zero-order valence-corrected chi connectivity index (χ0v) is 7.92. The maximum Gasteiger partial charge on any atom is 0.209 e. The Balaban J connectivity index is 2.55. The van der Waals surface area contributed by atoms with E-state index in [0.29, 0.717) is 6.42 Å². The zero-order chi connectivity index (χ0) is 9.68. The Kier molecular flexibility index (Phi) is 3.52. The molecule has 0 saturated carbocycles. The number of anilines is 1. The molecule has 0 saturated heterocycles. The lowest BCUT2D eigenvalue weighted by Crippen LogP contribution is -1.88. The highest BCUT2D eigenvalue weighted by molar-refractivity contribution is 7.71. The van der Waals surface area contributed by atoms with Gasteiger partial charge in [0.2, 0.25) is 10.3 Å². The van der Waals surface area contributed by atoms with Gasteiger partial charge in [-0.1, -0.05) is 12.1 Å². The van der Waals surface area contributed by atoms with Gasteiger partial charge in [0, 0.05) is 11.1 Å². The summed E-state index contributed by atoms with van der Waals surface area (Å²) in [5.41, 5.74) is 7.31. The van der Waals surface area contributed by atoms with Crippen LogP contribution < -0.4 is 5.73 Å². The minimum atomic E-state index is -2.04. The molecule has 0 aliphatic rings. The zero-order valence-electron chi connectivity index (χ0n) is 7.10. The molecule has 0 amide bonds. The maximum absolute atomic E-state index is 10.2. The highest BCUT2D eigenvalue weighted by Gasteiger charge is 1.90. The third-order valence-electron chi connectivity index (χ3n) is 1.67. The second-order valence-corrected chi connectivity index (χ2v) is 3.56. The molecule has 0 spiro atoms. The summed E-state index contributed by atoms with van der Waals surface area (Å²) in [7, 11) is -2.04. The van der Waals surface area contributed by atoms with Crippen LogP contribution in [-0.2, 0) is 16.7 Å². The Morgan fingerprint density at radius 3 is 2.38 bits per heavy atom. The number of benzene rings is 1. The van der Waals surface area contributed by atoms with Crippen molar-refractivity contribution in [2.75, 3.05) is 5.73 Å². The van der Waals surface area contributed by atoms with Crippen LogP contribution in [0.3, 0.4) is 0 Å². The van der Waals surface area contributed by atoms with Crippen LogP contribution in [0.5, 0.6) is 0 Å². The smallest absolute Gasteiger partial charge is 0.209 e. The van der Waals surface area contributed by atoms with Crippen LogP contribution in [0.2, 0.25) is 0 Å². The van der Waals surface area contributed by atoms with Crippen molar-refractivity contribution in [2.24, 2.45) is 0 Å². The average Bonchev–Trinajstić information content (AvgIpc) is 2.08. The molecule has 0 heterocycles. The Morgan fingerprint density at radius 2 is 1.85 bits per heavy atom. The topological polar surface area (TPSA) is 60.2 Å². The molecule has 0 atom stereocenters. The molecule has 1 aromatic carbocycles. The molecule has 0 fully saturated rings. The largest absolute Gasteiger partial charge is 0.399 e. The van der Waals surface area contributed by atoms with Gasteiger partial charge in [-0.25, -0.2) is 0 Å². The van der Waals surface area contributed by atoms with Crippen LogP contribution in [0.4, 0.5) is 5.69 Å². The first-order valence-corrected chi connectivity index (χ1v) is 5.08. The van der Waals surface area contributed by atoms with Gasteiger partial charge in [0.25, 0.3) is 0 Å². The molecule has 13 heavy (non-hydrogen) atoms. The highest BCUT2D eigenvalue weighted by Crippen LogP contribution is 2.06. The number of hydrogen-bond donors (Lipinski definition) is 1. The van der Waals surface area contributed by atoms with Crippen LogP contribution in [0.25, 0.3) is 0 Å². The Hall–Kier alpha value is -1.29. The summed E-state index contributed by atoms with van der Waals surface area (Å²) in [6.45, 7) is 0. The van der Waals surface area contributed by atoms with Crippen LogP contribution in [0.15, 0.2) is 24.3 Å². The van der Waals surface area contributed by atoms with Gasteiger partial charge in [-0.2, -0.15) is 8.42 Å². The summed E-state index contributed by atoms with van der Waals surface area (Å²) in [5.74, 6) is 0. The highest BCUT2D eigenvalue weighted by atomic mass is 32.2. The van der Waals surface area contributed by atoms with Gasteiger partial charge in [0.15, 0.2) is 0 Å². The van der Waals surface area contributed by atoms with Gasteiger partial charge in [0.1, 0.15) is 0 Å². The molecule has 0 aliphatic carbocycles. The summed E-state index contributed by atoms with van der Waals surface area (Å²) >= 11 is 0. The lowest BCUT2D eigenvalue weighted by atomic mass is 10.1. The molecule has 0 unspecified atom stereocenters. The second kappa shape index (κ2) is 4.67. The van der Waals surface area contributed by atoms with Gasteiger partial charge in [0.05, 0.1) is 0 Å². The van der Waals surface area contributed by atoms with Crippen LogP contribution in [0.1, 0.15) is 12.0 Å². The monoisotopic (exact) mass is 197 g/mol. The fourth-order valence-corrected chi connectivity index (χ4v) is 1.32. The SMILES string of the molecule is Nc1ccc(CCC=S(=O)=O)cc1. The van der Waals surface area contributed by atoms with Crippen molar-refractivity contribution in [1.82, 2.24) is 0 Å². The van der Waals surface area contributed by atoms with Crippen molar-refractivity contribution in [3.05, 3.63) is 29.8 Å². The predicted octanol–water partition coefficient (Wildman–Crippen LogP) is 0.883. The van der Waals surface area contributed by atoms with Crippen LogP contribution in [-0.4, -0.2) is 13.8 Å². The summed E-state index contributed by atoms with van der Waals surface area (Å²) < 4.78 is 20.3. The normalized spacial score (nSPS) is 9.54. The van der Waals surface area contributed by atoms with Gasteiger partial charge in [-0.15, -0.1) is 0 Å². The van der Waals surface area contributed by atoms with Gasteiger partial charge < -0.3 is 5.73 Å². The first-order chi connectivity index (χ1) is 6.18. The fourth-order valence-electron chi connectivity index (χ4n) is 1.01. The lowest BCUT2D eigenvalue weighted by Gasteiger charge is -1.97. The number of rotatable bonds is 3. The van der Waals surface area contributed by atoms with E-state index in [1.54, 1.807) is 0 Å². The molecule has 1 aromatic rings. The van der Waals surface area contributed by atoms with Gasteiger partial charge in [-0.3, -0.25) is 0 Å². The quantitative estimate of drug-likeness (QED) is 0.578. The number of aryl methyl sites for hydroxylation is 1. The number of nitrogen functional groups attached to an aromatic ring is 1. The minimum absolute atomic E-state index is 0.542. The average molecular weight is 197 g/mol. The van der Waals surface area contributed by atoms with E-state index in [9.17, 15) is 8.42 Å². The Bertz CT molecular complexity index is 384. The van der Waals surface area contributed by atoms with Crippen LogP contribution in [0, 0.1) is 0 Å². The molecule has 0 aromatic heterocycles. The molecular formula is C9H11NO2S.